The highest BCUT2D eigenvalue weighted by Crippen LogP contribution is 2.17. The topological polar surface area (TPSA) is 98.3 Å². The predicted octanol–water partition coefficient (Wildman–Crippen LogP) is 2.06. The molecule has 0 aliphatic carbocycles. The molecule has 0 bridgehead atoms. The molecule has 1 aliphatic heterocycles. The Balaban J connectivity index is 1.36. The fourth-order valence-electron chi connectivity index (χ4n) is 3.84. The Morgan fingerprint density at radius 2 is 2.00 bits per heavy atom. The van der Waals surface area contributed by atoms with Gasteiger partial charge in [-0.25, -0.2) is 0 Å². The molecule has 1 amide bonds. The summed E-state index contributed by atoms with van der Waals surface area (Å²) in [7, 11) is 0. The first-order valence-electron chi connectivity index (χ1n) is 10.3. The van der Waals surface area contributed by atoms with Gasteiger partial charge in [-0.05, 0) is 61.7 Å². The number of aromatic amines is 1. The van der Waals surface area contributed by atoms with Crippen LogP contribution in [0.4, 0.5) is 0 Å². The summed E-state index contributed by atoms with van der Waals surface area (Å²) in [6, 6.07) is 13.2. The van der Waals surface area contributed by atoms with Crippen LogP contribution in [0.1, 0.15) is 34.5 Å². The Morgan fingerprint density at radius 3 is 2.77 bits per heavy atom. The Morgan fingerprint density at radius 1 is 1.20 bits per heavy atom. The van der Waals surface area contributed by atoms with Crippen molar-refractivity contribution in [2.24, 2.45) is 5.92 Å². The molecular weight excluding hydrogens is 380 g/mol. The number of aliphatic hydroxyl groups excluding tert-OH is 1. The Labute approximate surface area is 174 Å². The summed E-state index contributed by atoms with van der Waals surface area (Å²) < 4.78 is 0. The number of pyridine rings is 2. The monoisotopic (exact) mass is 406 g/mol. The number of fused-ring (bicyclic) bond motifs is 1. The van der Waals surface area contributed by atoms with E-state index in [2.05, 4.69) is 20.2 Å². The van der Waals surface area contributed by atoms with Crippen molar-refractivity contribution in [2.75, 3.05) is 19.7 Å². The van der Waals surface area contributed by atoms with Crippen molar-refractivity contribution in [3.05, 3.63) is 75.8 Å². The number of hydrogen-bond donors (Lipinski definition) is 3. The zero-order valence-electron chi connectivity index (χ0n) is 16.8. The lowest BCUT2D eigenvalue weighted by Crippen LogP contribution is -2.35. The number of likely N-dealkylation sites (tertiary alicyclic amines) is 1. The summed E-state index contributed by atoms with van der Waals surface area (Å²) in [6.45, 7) is 2.98. The Hall–Kier alpha value is -3.03. The lowest BCUT2D eigenvalue weighted by Gasteiger charge is -2.30. The molecule has 3 aromatic rings. The molecule has 3 heterocycles. The first-order chi connectivity index (χ1) is 14.6. The number of nitrogens with zero attached hydrogens (tertiary/aromatic N) is 2. The molecule has 0 radical (unpaired) electrons. The molecule has 0 unspecified atom stereocenters. The molecule has 7 heteroatoms. The lowest BCUT2D eigenvalue weighted by atomic mass is 9.98. The summed E-state index contributed by atoms with van der Waals surface area (Å²) in [5, 5.41) is 13.1. The fourth-order valence-corrected chi connectivity index (χ4v) is 3.84. The average molecular weight is 406 g/mol. The van der Waals surface area contributed by atoms with Crippen LogP contribution in [-0.2, 0) is 13.1 Å². The number of aromatic nitrogens is 2. The molecule has 0 saturated carbocycles. The molecule has 4 rings (SSSR count). The van der Waals surface area contributed by atoms with Gasteiger partial charge in [0.25, 0.3) is 11.5 Å². The molecule has 1 fully saturated rings. The second-order valence-electron chi connectivity index (χ2n) is 7.85. The van der Waals surface area contributed by atoms with Gasteiger partial charge < -0.3 is 15.4 Å². The van der Waals surface area contributed by atoms with Crippen molar-refractivity contribution < 1.29 is 9.90 Å². The first-order valence-corrected chi connectivity index (χ1v) is 10.3. The van der Waals surface area contributed by atoms with Crippen LogP contribution in [0.5, 0.6) is 0 Å². The van der Waals surface area contributed by atoms with Gasteiger partial charge in [-0.15, -0.1) is 0 Å². The quantitative estimate of drug-likeness (QED) is 0.582. The van der Waals surface area contributed by atoms with Crippen LogP contribution in [0.15, 0.2) is 53.5 Å². The summed E-state index contributed by atoms with van der Waals surface area (Å²) in [5.74, 6) is -0.0242. The first kappa shape index (κ1) is 20.3. The minimum Gasteiger partial charge on any atom is -0.396 e. The van der Waals surface area contributed by atoms with Gasteiger partial charge in [0.1, 0.15) is 5.56 Å². The van der Waals surface area contributed by atoms with Gasteiger partial charge in [0.2, 0.25) is 0 Å². The number of nitrogens with one attached hydrogen (secondary N) is 2. The predicted molar refractivity (Wildman–Crippen MR) is 115 cm³/mol. The van der Waals surface area contributed by atoms with Gasteiger partial charge >= 0.3 is 0 Å². The van der Waals surface area contributed by atoms with Crippen LogP contribution >= 0.6 is 0 Å². The molecule has 1 saturated heterocycles. The number of carbonyl (C=O) groups is 1. The van der Waals surface area contributed by atoms with Crippen LogP contribution in [0.3, 0.4) is 0 Å². The standard InChI is InChI=1S/C23H26N4O3/c28-15-16-7-9-27(10-8-16)14-19-5-6-20(23(30)26-19)22(29)25-13-17-11-18-3-1-2-4-21(18)24-12-17/h1-6,11-12,16,28H,7-10,13-15H2,(H,25,29)(H,26,30). The highest BCUT2D eigenvalue weighted by molar-refractivity contribution is 5.93. The smallest absolute Gasteiger partial charge is 0.261 e. The zero-order valence-corrected chi connectivity index (χ0v) is 16.8. The SMILES string of the molecule is O=C(NCc1cnc2ccccc2c1)c1ccc(CN2CCC(CO)CC2)[nH]c1=O. The van der Waals surface area contributed by atoms with E-state index in [4.69, 9.17) is 0 Å². The van der Waals surface area contributed by atoms with Crippen molar-refractivity contribution in [3.8, 4) is 0 Å². The number of hydrogen-bond acceptors (Lipinski definition) is 5. The van der Waals surface area contributed by atoms with Crippen LogP contribution in [0.25, 0.3) is 10.9 Å². The van der Waals surface area contributed by atoms with Gasteiger partial charge in [-0.2, -0.15) is 0 Å². The second kappa shape index (κ2) is 9.19. The fraction of sp³-hybridized carbons (Fsp3) is 0.348. The number of benzene rings is 1. The third kappa shape index (κ3) is 4.75. The molecule has 1 aromatic carbocycles. The molecular formula is C23H26N4O3. The maximum Gasteiger partial charge on any atom is 0.261 e. The number of carbonyl (C=O) groups excluding carboxylic acids is 1. The maximum absolute atomic E-state index is 12.5. The van der Waals surface area contributed by atoms with Crippen LogP contribution < -0.4 is 10.9 Å². The summed E-state index contributed by atoms with van der Waals surface area (Å²) >= 11 is 0. The number of H-pyrrole nitrogens is 1. The lowest BCUT2D eigenvalue weighted by molar-refractivity contribution is 0.0949. The van der Waals surface area contributed by atoms with E-state index in [0.717, 1.165) is 48.1 Å². The van der Waals surface area contributed by atoms with Crippen LogP contribution in [0, 0.1) is 5.92 Å². The highest BCUT2D eigenvalue weighted by Gasteiger charge is 2.19. The van der Waals surface area contributed by atoms with Crippen molar-refractivity contribution in [1.82, 2.24) is 20.2 Å². The summed E-state index contributed by atoms with van der Waals surface area (Å²) in [4.78, 5) is 34.4. The van der Waals surface area contributed by atoms with E-state index in [1.165, 1.54) is 0 Å². The van der Waals surface area contributed by atoms with Gasteiger partial charge in [-0.3, -0.25) is 19.5 Å². The number of amides is 1. The van der Waals surface area contributed by atoms with Crippen LogP contribution in [0.2, 0.25) is 0 Å². The molecule has 156 valence electrons. The third-order valence-electron chi connectivity index (χ3n) is 5.67. The van der Waals surface area contributed by atoms with E-state index in [9.17, 15) is 14.7 Å². The molecule has 1 aliphatic rings. The van der Waals surface area contributed by atoms with Crippen molar-refractivity contribution in [3.63, 3.8) is 0 Å². The Bertz CT molecular complexity index is 1090. The van der Waals surface area contributed by atoms with Gasteiger partial charge in [0.15, 0.2) is 0 Å². The summed E-state index contributed by atoms with van der Waals surface area (Å²) in [5.41, 5.74) is 2.29. The van der Waals surface area contributed by atoms with Gasteiger partial charge in [0.05, 0.1) is 5.52 Å². The van der Waals surface area contributed by atoms with Crippen molar-refractivity contribution >= 4 is 16.8 Å². The van der Waals surface area contributed by atoms with Crippen molar-refractivity contribution in [1.29, 1.82) is 0 Å². The number of piperidine rings is 1. The van der Waals surface area contributed by atoms with E-state index in [1.54, 1.807) is 18.3 Å². The molecule has 0 spiro atoms. The molecule has 7 nitrogen and oxygen atoms in total. The molecule has 30 heavy (non-hydrogen) atoms. The minimum atomic E-state index is -0.403. The average Bonchev–Trinajstić information content (AvgIpc) is 2.78. The zero-order chi connectivity index (χ0) is 20.9. The third-order valence-corrected chi connectivity index (χ3v) is 5.67. The summed E-state index contributed by atoms with van der Waals surface area (Å²) in [6.07, 6.45) is 3.66. The highest BCUT2D eigenvalue weighted by atomic mass is 16.3. The van der Waals surface area contributed by atoms with E-state index in [1.807, 2.05) is 30.3 Å². The maximum atomic E-state index is 12.5. The number of rotatable bonds is 6. The van der Waals surface area contributed by atoms with Crippen LogP contribution in [-0.4, -0.2) is 45.6 Å². The van der Waals surface area contributed by atoms with Gasteiger partial charge in [-0.1, -0.05) is 18.2 Å². The number of aliphatic hydroxyl groups is 1. The molecule has 0 atom stereocenters. The number of para-hydroxylation sites is 1. The normalized spacial score (nSPS) is 15.4. The van der Waals surface area contributed by atoms with Crippen molar-refractivity contribution in [2.45, 2.75) is 25.9 Å². The van der Waals surface area contributed by atoms with E-state index in [-0.39, 0.29) is 17.7 Å². The second-order valence-corrected chi connectivity index (χ2v) is 7.85. The van der Waals surface area contributed by atoms with E-state index < -0.39 is 5.91 Å². The minimum absolute atomic E-state index is 0.103. The Kier molecular flexibility index (Phi) is 6.21. The van der Waals surface area contributed by atoms with E-state index >= 15 is 0 Å². The van der Waals surface area contributed by atoms with E-state index in [0.29, 0.717) is 19.0 Å². The largest absolute Gasteiger partial charge is 0.396 e. The molecule has 3 N–H and O–H groups in total. The van der Waals surface area contributed by atoms with Gasteiger partial charge in [0, 0.05) is 37.0 Å². The molecule has 2 aromatic heterocycles.